The fourth-order valence-electron chi connectivity index (χ4n) is 2.59. The average Bonchev–Trinajstić information content (AvgIpc) is 2.82. The van der Waals surface area contributed by atoms with Crippen molar-refractivity contribution >= 4 is 15.8 Å². The molecule has 4 nitrogen and oxygen atoms in total. The van der Waals surface area contributed by atoms with Gasteiger partial charge in [0.1, 0.15) is 0 Å². The molecule has 2 rings (SSSR count). The minimum absolute atomic E-state index is 0.170. The van der Waals surface area contributed by atoms with E-state index in [4.69, 9.17) is 0 Å². The largest absolute Gasteiger partial charge is 0.481 e. The molecule has 1 aromatic carbocycles. The standard InChI is InChI=1S/C13H16O4S/c1-12(2)8-13(12,11(14)15)9-5-4-6-10(7-9)18(3,16)17/h4-7H,8H2,1-3H3,(H,14,15). The molecule has 1 fully saturated rings. The first-order valence-corrected chi connectivity index (χ1v) is 7.54. The van der Waals surface area contributed by atoms with Gasteiger partial charge in [-0.15, -0.1) is 0 Å². The zero-order valence-electron chi connectivity index (χ0n) is 10.6. The Labute approximate surface area is 107 Å². The average molecular weight is 268 g/mol. The van der Waals surface area contributed by atoms with Crippen molar-refractivity contribution < 1.29 is 18.3 Å². The SMILES string of the molecule is CC1(C)CC1(C(=O)O)c1cccc(S(C)(=O)=O)c1. The number of hydrogen-bond acceptors (Lipinski definition) is 3. The monoisotopic (exact) mass is 268 g/mol. The van der Waals surface area contributed by atoms with Crippen LogP contribution in [0.1, 0.15) is 25.8 Å². The molecule has 1 aliphatic rings. The lowest BCUT2D eigenvalue weighted by molar-refractivity contribution is -0.141. The highest BCUT2D eigenvalue weighted by Gasteiger charge is 2.67. The number of carbonyl (C=O) groups is 1. The first-order chi connectivity index (χ1) is 8.11. The quantitative estimate of drug-likeness (QED) is 0.908. The molecule has 0 bridgehead atoms. The molecule has 0 aliphatic heterocycles. The maximum Gasteiger partial charge on any atom is 0.314 e. The van der Waals surface area contributed by atoms with Crippen LogP contribution in [0.15, 0.2) is 29.2 Å². The number of benzene rings is 1. The molecule has 0 amide bonds. The summed E-state index contributed by atoms with van der Waals surface area (Å²) in [5.41, 5.74) is -0.717. The van der Waals surface area contributed by atoms with E-state index >= 15 is 0 Å². The zero-order chi connectivity index (χ0) is 13.8. The van der Waals surface area contributed by atoms with E-state index < -0.39 is 21.2 Å². The maximum atomic E-state index is 11.5. The van der Waals surface area contributed by atoms with Gasteiger partial charge in [-0.1, -0.05) is 26.0 Å². The Morgan fingerprint density at radius 2 is 1.89 bits per heavy atom. The molecule has 0 aromatic heterocycles. The van der Waals surface area contributed by atoms with Crippen LogP contribution in [-0.4, -0.2) is 25.7 Å². The van der Waals surface area contributed by atoms with Crippen molar-refractivity contribution in [2.24, 2.45) is 5.41 Å². The van der Waals surface area contributed by atoms with Crippen LogP contribution in [0.2, 0.25) is 0 Å². The Hall–Kier alpha value is -1.36. The van der Waals surface area contributed by atoms with E-state index in [1.807, 2.05) is 13.8 Å². The summed E-state index contributed by atoms with van der Waals surface area (Å²) in [6.45, 7) is 3.77. The van der Waals surface area contributed by atoms with Gasteiger partial charge in [-0.2, -0.15) is 0 Å². The first-order valence-electron chi connectivity index (χ1n) is 5.65. The minimum Gasteiger partial charge on any atom is -0.481 e. The molecular weight excluding hydrogens is 252 g/mol. The predicted octanol–water partition coefficient (Wildman–Crippen LogP) is 1.84. The smallest absolute Gasteiger partial charge is 0.314 e. The summed E-state index contributed by atoms with van der Waals surface area (Å²) in [4.78, 5) is 11.7. The Morgan fingerprint density at radius 3 is 2.28 bits per heavy atom. The van der Waals surface area contributed by atoms with Crippen molar-refractivity contribution in [2.45, 2.75) is 30.6 Å². The van der Waals surface area contributed by atoms with Crippen molar-refractivity contribution in [3.05, 3.63) is 29.8 Å². The summed E-state index contributed by atoms with van der Waals surface area (Å²) < 4.78 is 23.0. The van der Waals surface area contributed by atoms with Crippen LogP contribution in [0.5, 0.6) is 0 Å². The van der Waals surface area contributed by atoms with E-state index in [9.17, 15) is 18.3 Å². The molecule has 1 unspecified atom stereocenters. The second-order valence-corrected chi connectivity index (χ2v) is 7.59. The number of sulfone groups is 1. The molecular formula is C13H16O4S. The van der Waals surface area contributed by atoms with Gasteiger partial charge in [-0.25, -0.2) is 8.42 Å². The fourth-order valence-corrected chi connectivity index (χ4v) is 3.26. The topological polar surface area (TPSA) is 71.4 Å². The highest BCUT2D eigenvalue weighted by atomic mass is 32.2. The van der Waals surface area contributed by atoms with Crippen LogP contribution in [0.3, 0.4) is 0 Å². The molecule has 18 heavy (non-hydrogen) atoms. The van der Waals surface area contributed by atoms with Crippen LogP contribution in [0, 0.1) is 5.41 Å². The molecule has 5 heteroatoms. The summed E-state index contributed by atoms with van der Waals surface area (Å²) in [7, 11) is -3.31. The zero-order valence-corrected chi connectivity index (χ0v) is 11.4. The van der Waals surface area contributed by atoms with E-state index in [2.05, 4.69) is 0 Å². The molecule has 0 heterocycles. The van der Waals surface area contributed by atoms with Gasteiger partial charge >= 0.3 is 5.97 Å². The summed E-state index contributed by atoms with van der Waals surface area (Å²) >= 11 is 0. The number of carboxylic acids is 1. The molecule has 0 radical (unpaired) electrons. The lowest BCUT2D eigenvalue weighted by atomic mass is 9.88. The van der Waals surface area contributed by atoms with E-state index in [1.165, 1.54) is 12.1 Å². The van der Waals surface area contributed by atoms with Gasteiger partial charge in [-0.3, -0.25) is 4.79 Å². The van der Waals surface area contributed by atoms with Crippen molar-refractivity contribution in [3.63, 3.8) is 0 Å². The normalized spacial score (nSPS) is 25.7. The van der Waals surface area contributed by atoms with Gasteiger partial charge < -0.3 is 5.11 Å². The van der Waals surface area contributed by atoms with E-state index in [-0.39, 0.29) is 10.3 Å². The summed E-state index contributed by atoms with van der Waals surface area (Å²) in [6.07, 6.45) is 1.65. The van der Waals surface area contributed by atoms with Crippen LogP contribution in [0.4, 0.5) is 0 Å². The molecule has 0 saturated heterocycles. The third-order valence-corrected chi connectivity index (χ3v) is 4.97. The number of rotatable bonds is 3. The molecule has 1 atom stereocenters. The van der Waals surface area contributed by atoms with Gasteiger partial charge in [-0.05, 0) is 29.5 Å². The van der Waals surface area contributed by atoms with Gasteiger partial charge in [0.25, 0.3) is 0 Å². The third kappa shape index (κ3) is 1.73. The maximum absolute atomic E-state index is 11.5. The molecule has 0 spiro atoms. The number of hydrogen-bond donors (Lipinski definition) is 1. The number of carboxylic acid groups (broad SMARTS) is 1. The van der Waals surface area contributed by atoms with Gasteiger partial charge in [0.05, 0.1) is 10.3 Å². The summed E-state index contributed by atoms with van der Waals surface area (Å²) in [5.74, 6) is -0.891. The highest BCUT2D eigenvalue weighted by Crippen LogP contribution is 2.64. The van der Waals surface area contributed by atoms with Gasteiger partial charge in [0.15, 0.2) is 9.84 Å². The van der Waals surface area contributed by atoms with E-state index in [0.29, 0.717) is 12.0 Å². The van der Waals surface area contributed by atoms with Crippen LogP contribution in [0.25, 0.3) is 0 Å². The van der Waals surface area contributed by atoms with Crippen LogP contribution >= 0.6 is 0 Å². The molecule has 98 valence electrons. The van der Waals surface area contributed by atoms with Gasteiger partial charge in [0.2, 0.25) is 0 Å². The fraction of sp³-hybridized carbons (Fsp3) is 0.462. The molecule has 1 aromatic rings. The lowest BCUT2D eigenvalue weighted by Crippen LogP contribution is -2.25. The van der Waals surface area contributed by atoms with Crippen LogP contribution in [-0.2, 0) is 20.0 Å². The second-order valence-electron chi connectivity index (χ2n) is 5.57. The number of aliphatic carboxylic acids is 1. The third-order valence-electron chi connectivity index (χ3n) is 3.86. The Morgan fingerprint density at radius 1 is 1.33 bits per heavy atom. The van der Waals surface area contributed by atoms with Gasteiger partial charge in [0, 0.05) is 6.26 Å². The van der Waals surface area contributed by atoms with Crippen LogP contribution < -0.4 is 0 Å². The van der Waals surface area contributed by atoms with Crippen molar-refractivity contribution in [2.75, 3.05) is 6.26 Å². The van der Waals surface area contributed by atoms with Crippen molar-refractivity contribution in [1.29, 1.82) is 0 Å². The van der Waals surface area contributed by atoms with Crippen molar-refractivity contribution in [3.8, 4) is 0 Å². The van der Waals surface area contributed by atoms with E-state index in [0.717, 1.165) is 6.26 Å². The minimum atomic E-state index is -3.31. The second kappa shape index (κ2) is 3.57. The Balaban J connectivity index is 2.57. The Kier molecular flexibility index (Phi) is 2.59. The molecule has 1 saturated carbocycles. The highest BCUT2D eigenvalue weighted by molar-refractivity contribution is 7.90. The molecule has 1 aliphatic carbocycles. The molecule has 1 N–H and O–H groups in total. The first kappa shape index (κ1) is 13.1. The summed E-state index contributed by atoms with van der Waals surface area (Å²) in [5, 5.41) is 9.44. The summed E-state index contributed by atoms with van der Waals surface area (Å²) in [6, 6.07) is 6.27. The predicted molar refractivity (Wildman–Crippen MR) is 67.3 cm³/mol. The lowest BCUT2D eigenvalue weighted by Gasteiger charge is -2.16. The van der Waals surface area contributed by atoms with Crippen molar-refractivity contribution in [1.82, 2.24) is 0 Å². The van der Waals surface area contributed by atoms with E-state index in [1.54, 1.807) is 12.1 Å². The Bertz CT molecular complexity index is 616.